The molecule has 1 heterocycles. The molecule has 0 radical (unpaired) electrons. The predicted octanol–water partition coefficient (Wildman–Crippen LogP) is -4.08. The van der Waals surface area contributed by atoms with Gasteiger partial charge in [-0.15, -0.1) is 0 Å². The Morgan fingerprint density at radius 2 is 1.77 bits per heavy atom. The number of amides is 4. The van der Waals surface area contributed by atoms with E-state index in [0.29, 0.717) is 19.3 Å². The molecule has 1 aliphatic heterocycles. The number of likely N-dealkylation sites (tertiary alicyclic amines) is 1. The number of carbonyl (C=O) groups is 5. The Hall–Kier alpha value is -3.42. The molecule has 0 bridgehead atoms. The van der Waals surface area contributed by atoms with Crippen LogP contribution in [0.1, 0.15) is 32.1 Å². The van der Waals surface area contributed by atoms with Crippen molar-refractivity contribution < 1.29 is 29.1 Å². The molecule has 1 aliphatic rings. The van der Waals surface area contributed by atoms with Crippen LogP contribution >= 0.6 is 0 Å². The van der Waals surface area contributed by atoms with Gasteiger partial charge in [0.2, 0.25) is 23.6 Å². The minimum atomic E-state index is -1.50. The first-order valence-corrected chi connectivity index (χ1v) is 9.73. The number of aliphatic carboxylic acids is 1. The summed E-state index contributed by atoms with van der Waals surface area (Å²) in [6.07, 6.45) is 0.797. The molecule has 0 aromatic carbocycles. The highest BCUT2D eigenvalue weighted by Crippen LogP contribution is 2.20. The van der Waals surface area contributed by atoms with Crippen LogP contribution < -0.4 is 33.6 Å². The number of nitrogens with zero attached hydrogens (tertiary/aromatic N) is 2. The van der Waals surface area contributed by atoms with E-state index in [1.807, 2.05) is 0 Å². The number of rotatable bonds is 12. The number of nitrogens with one attached hydrogen (secondary N) is 2. The molecule has 0 spiro atoms. The monoisotopic (exact) mass is 442 g/mol. The van der Waals surface area contributed by atoms with Gasteiger partial charge < -0.3 is 43.6 Å². The summed E-state index contributed by atoms with van der Waals surface area (Å²) in [6.45, 7) is 0.157. The van der Waals surface area contributed by atoms with Gasteiger partial charge in [-0.3, -0.25) is 24.2 Å². The fourth-order valence-corrected chi connectivity index (χ4v) is 3.19. The number of hydrogen-bond acceptors (Lipinski definition) is 7. The normalized spacial score (nSPS) is 17.3. The van der Waals surface area contributed by atoms with Gasteiger partial charge in [0.15, 0.2) is 5.96 Å². The SMILES string of the molecule is NCC(=O)NC(CCCN=C(N)N)C(=O)N1CCCC1C(=O)NC(CC(N)=O)C(=O)O. The summed E-state index contributed by atoms with van der Waals surface area (Å²) in [5.41, 5.74) is 20.9. The third-order valence-electron chi connectivity index (χ3n) is 4.62. The predicted molar refractivity (Wildman–Crippen MR) is 109 cm³/mol. The van der Waals surface area contributed by atoms with E-state index in [9.17, 15) is 29.1 Å². The van der Waals surface area contributed by atoms with Crippen molar-refractivity contribution in [2.24, 2.45) is 27.9 Å². The molecule has 4 amide bonds. The van der Waals surface area contributed by atoms with Crippen LogP contribution in [0.15, 0.2) is 4.99 Å². The Labute approximate surface area is 178 Å². The largest absolute Gasteiger partial charge is 0.480 e. The van der Waals surface area contributed by atoms with Crippen LogP contribution in [0.2, 0.25) is 0 Å². The molecule has 0 aromatic rings. The third kappa shape index (κ3) is 8.46. The van der Waals surface area contributed by atoms with E-state index >= 15 is 0 Å². The van der Waals surface area contributed by atoms with Gasteiger partial charge in [0.05, 0.1) is 13.0 Å². The second kappa shape index (κ2) is 12.3. The maximum Gasteiger partial charge on any atom is 0.326 e. The minimum absolute atomic E-state index is 0.103. The molecule has 1 rings (SSSR count). The van der Waals surface area contributed by atoms with Crippen molar-refractivity contribution in [1.82, 2.24) is 15.5 Å². The van der Waals surface area contributed by atoms with Crippen LogP contribution in [0.3, 0.4) is 0 Å². The quantitative estimate of drug-likeness (QED) is 0.0880. The van der Waals surface area contributed by atoms with Gasteiger partial charge in [-0.05, 0) is 25.7 Å². The molecular weight excluding hydrogens is 412 g/mol. The van der Waals surface area contributed by atoms with E-state index in [-0.39, 0.29) is 32.0 Å². The third-order valence-corrected chi connectivity index (χ3v) is 4.62. The van der Waals surface area contributed by atoms with E-state index in [1.165, 1.54) is 4.90 Å². The molecule has 174 valence electrons. The van der Waals surface area contributed by atoms with Crippen LogP contribution in [0.4, 0.5) is 0 Å². The number of guanidine groups is 1. The average molecular weight is 442 g/mol. The lowest BCUT2D eigenvalue weighted by atomic mass is 10.1. The van der Waals surface area contributed by atoms with Crippen LogP contribution in [-0.2, 0) is 24.0 Å². The van der Waals surface area contributed by atoms with Gasteiger partial charge in [-0.1, -0.05) is 0 Å². The van der Waals surface area contributed by atoms with Gasteiger partial charge in [0.25, 0.3) is 0 Å². The molecule has 0 saturated carbocycles. The minimum Gasteiger partial charge on any atom is -0.480 e. The number of carbonyl (C=O) groups excluding carboxylic acids is 4. The van der Waals surface area contributed by atoms with Gasteiger partial charge in [0.1, 0.15) is 18.1 Å². The zero-order valence-electron chi connectivity index (χ0n) is 17.1. The smallest absolute Gasteiger partial charge is 0.326 e. The van der Waals surface area contributed by atoms with Crippen molar-refractivity contribution in [3.05, 3.63) is 0 Å². The molecule has 31 heavy (non-hydrogen) atoms. The standard InChI is InChI=1S/C17H30N8O6/c18-8-13(27)23-9(3-1-5-22-17(20)21)15(29)25-6-2-4-11(25)14(28)24-10(16(30)31)7-12(19)26/h9-11H,1-8,18H2,(H2,19,26)(H,23,27)(H,24,28)(H,30,31)(H4,20,21,22). The fraction of sp³-hybridized carbons (Fsp3) is 0.647. The summed E-state index contributed by atoms with van der Waals surface area (Å²) in [5.74, 6) is -4.19. The Bertz CT molecular complexity index is 723. The average Bonchev–Trinajstić information content (AvgIpc) is 3.18. The number of carboxylic acids is 1. The van der Waals surface area contributed by atoms with Crippen molar-refractivity contribution in [1.29, 1.82) is 0 Å². The molecule has 3 unspecified atom stereocenters. The number of nitrogens with two attached hydrogens (primary N) is 4. The first-order chi connectivity index (χ1) is 14.6. The van der Waals surface area contributed by atoms with E-state index in [1.54, 1.807) is 0 Å². The molecule has 11 N–H and O–H groups in total. The fourth-order valence-electron chi connectivity index (χ4n) is 3.19. The number of carboxylic acid groups (broad SMARTS) is 1. The Morgan fingerprint density at radius 3 is 2.32 bits per heavy atom. The Kier molecular flexibility index (Phi) is 10.2. The highest BCUT2D eigenvalue weighted by molar-refractivity contribution is 5.94. The molecule has 14 heteroatoms. The van der Waals surface area contributed by atoms with Crippen LogP contribution in [0, 0.1) is 0 Å². The summed E-state index contributed by atoms with van der Waals surface area (Å²) >= 11 is 0. The lowest BCUT2D eigenvalue weighted by Gasteiger charge is -2.29. The van der Waals surface area contributed by atoms with E-state index < -0.39 is 54.1 Å². The van der Waals surface area contributed by atoms with Crippen molar-refractivity contribution in [3.8, 4) is 0 Å². The Morgan fingerprint density at radius 1 is 1.10 bits per heavy atom. The second-order valence-electron chi connectivity index (χ2n) is 7.03. The summed E-state index contributed by atoms with van der Waals surface area (Å²) < 4.78 is 0. The lowest BCUT2D eigenvalue weighted by molar-refractivity contribution is -0.145. The molecule has 14 nitrogen and oxygen atoms in total. The molecule has 3 atom stereocenters. The molecular formula is C17H30N8O6. The number of hydrogen-bond donors (Lipinski definition) is 7. The summed E-state index contributed by atoms with van der Waals surface area (Å²) in [5, 5.41) is 13.9. The first-order valence-electron chi connectivity index (χ1n) is 9.73. The maximum absolute atomic E-state index is 13.1. The van der Waals surface area contributed by atoms with E-state index in [4.69, 9.17) is 22.9 Å². The highest BCUT2D eigenvalue weighted by atomic mass is 16.4. The van der Waals surface area contributed by atoms with Crippen molar-refractivity contribution in [3.63, 3.8) is 0 Å². The molecule has 0 aromatic heterocycles. The van der Waals surface area contributed by atoms with Crippen molar-refractivity contribution in [2.75, 3.05) is 19.6 Å². The number of aliphatic imine (C=N–C) groups is 1. The molecule has 1 fully saturated rings. The summed E-state index contributed by atoms with van der Waals surface area (Å²) in [6, 6.07) is -3.41. The zero-order valence-corrected chi connectivity index (χ0v) is 17.1. The zero-order chi connectivity index (χ0) is 23.6. The number of primary amides is 1. The molecule has 1 saturated heterocycles. The van der Waals surface area contributed by atoms with Gasteiger partial charge in [-0.25, -0.2) is 4.79 Å². The van der Waals surface area contributed by atoms with E-state index in [0.717, 1.165) is 0 Å². The van der Waals surface area contributed by atoms with Crippen molar-refractivity contribution >= 4 is 35.6 Å². The summed E-state index contributed by atoms with van der Waals surface area (Å²) in [4.78, 5) is 64.8. The van der Waals surface area contributed by atoms with Gasteiger partial charge in [0, 0.05) is 13.1 Å². The van der Waals surface area contributed by atoms with Gasteiger partial charge in [-0.2, -0.15) is 0 Å². The van der Waals surface area contributed by atoms with E-state index in [2.05, 4.69) is 15.6 Å². The second-order valence-corrected chi connectivity index (χ2v) is 7.03. The topological polar surface area (TPSA) is 249 Å². The maximum atomic E-state index is 13.1. The first kappa shape index (κ1) is 25.6. The lowest BCUT2D eigenvalue weighted by Crippen LogP contribution is -2.56. The highest BCUT2D eigenvalue weighted by Gasteiger charge is 2.38. The van der Waals surface area contributed by atoms with Crippen LogP contribution in [-0.4, -0.2) is 83.3 Å². The van der Waals surface area contributed by atoms with Crippen molar-refractivity contribution in [2.45, 2.75) is 50.2 Å². The summed E-state index contributed by atoms with van der Waals surface area (Å²) in [7, 11) is 0. The van der Waals surface area contributed by atoms with Crippen LogP contribution in [0.25, 0.3) is 0 Å². The Balaban J connectivity index is 2.89. The molecule has 0 aliphatic carbocycles. The van der Waals surface area contributed by atoms with Gasteiger partial charge >= 0.3 is 5.97 Å². The van der Waals surface area contributed by atoms with Crippen LogP contribution in [0.5, 0.6) is 0 Å².